The van der Waals surface area contributed by atoms with Crippen molar-refractivity contribution in [2.75, 3.05) is 11.9 Å². The summed E-state index contributed by atoms with van der Waals surface area (Å²) >= 11 is 0. The van der Waals surface area contributed by atoms with Gasteiger partial charge >= 0.3 is 0 Å². The van der Waals surface area contributed by atoms with Crippen LogP contribution in [0.3, 0.4) is 0 Å². The fourth-order valence-corrected chi connectivity index (χ4v) is 3.88. The molecule has 2 nitrogen and oxygen atoms in total. The number of allylic oxidation sites excluding steroid dienone is 2. The molecule has 1 atom stereocenters. The lowest BCUT2D eigenvalue weighted by Crippen LogP contribution is -2.27. The number of anilines is 1. The van der Waals surface area contributed by atoms with Crippen molar-refractivity contribution in [1.82, 2.24) is 0 Å². The van der Waals surface area contributed by atoms with Gasteiger partial charge in [0.15, 0.2) is 0 Å². The molecule has 0 amide bonds. The van der Waals surface area contributed by atoms with Crippen molar-refractivity contribution in [3.05, 3.63) is 70.2 Å². The standard InChI is InChI=1S/C26H35FN2/c1-9-11-24(29(8)25-16-17(3)12-13-19(25)5)21(7)23(10-2)28-26-20(6)14-18(4)15-22(26)27/h11-16,21H,9-10H2,1-8H3/b24-11+,28-23?. The second kappa shape index (κ2) is 9.87. The molecule has 29 heavy (non-hydrogen) atoms. The van der Waals surface area contributed by atoms with Crippen LogP contribution in [0.4, 0.5) is 15.8 Å². The zero-order valence-electron chi connectivity index (χ0n) is 19.2. The second-order valence-electron chi connectivity index (χ2n) is 7.98. The number of hydrogen-bond donors (Lipinski definition) is 0. The largest absolute Gasteiger partial charge is 0.348 e. The summed E-state index contributed by atoms with van der Waals surface area (Å²) in [5.41, 5.74) is 8.13. The van der Waals surface area contributed by atoms with Gasteiger partial charge in [-0.3, -0.25) is 4.99 Å². The Hall–Kier alpha value is -2.42. The first-order valence-corrected chi connectivity index (χ1v) is 10.5. The molecule has 0 radical (unpaired) electrons. The first-order valence-electron chi connectivity index (χ1n) is 10.5. The highest BCUT2D eigenvalue weighted by Gasteiger charge is 2.21. The Morgan fingerprint density at radius 2 is 1.72 bits per heavy atom. The molecule has 1 unspecified atom stereocenters. The van der Waals surface area contributed by atoms with E-state index in [1.807, 2.05) is 19.9 Å². The number of rotatable bonds is 7. The lowest BCUT2D eigenvalue weighted by Gasteiger charge is -2.30. The molecule has 0 aliphatic carbocycles. The molecule has 0 aliphatic heterocycles. The molecule has 3 heteroatoms. The molecule has 0 bridgehead atoms. The van der Waals surface area contributed by atoms with E-state index in [2.05, 4.69) is 70.8 Å². The van der Waals surface area contributed by atoms with Crippen LogP contribution in [0, 0.1) is 39.4 Å². The minimum Gasteiger partial charge on any atom is -0.348 e. The summed E-state index contributed by atoms with van der Waals surface area (Å²) < 4.78 is 14.6. The van der Waals surface area contributed by atoms with Crippen molar-refractivity contribution in [2.24, 2.45) is 10.9 Å². The Bertz CT molecular complexity index is 901. The van der Waals surface area contributed by atoms with Gasteiger partial charge in [0.25, 0.3) is 0 Å². The predicted octanol–water partition coefficient (Wildman–Crippen LogP) is 7.61. The quantitative estimate of drug-likeness (QED) is 0.441. The first-order chi connectivity index (χ1) is 13.7. The van der Waals surface area contributed by atoms with E-state index in [1.54, 1.807) is 6.07 Å². The van der Waals surface area contributed by atoms with Gasteiger partial charge in [0.1, 0.15) is 11.5 Å². The van der Waals surface area contributed by atoms with Gasteiger partial charge in [-0.05, 0) is 74.9 Å². The van der Waals surface area contributed by atoms with Crippen LogP contribution in [-0.4, -0.2) is 12.8 Å². The van der Waals surface area contributed by atoms with E-state index in [0.29, 0.717) is 5.69 Å². The van der Waals surface area contributed by atoms with Gasteiger partial charge in [-0.1, -0.05) is 45.0 Å². The van der Waals surface area contributed by atoms with Crippen LogP contribution in [0.25, 0.3) is 0 Å². The number of hydrogen-bond acceptors (Lipinski definition) is 2. The number of aryl methyl sites for hydroxylation is 4. The smallest absolute Gasteiger partial charge is 0.149 e. The summed E-state index contributed by atoms with van der Waals surface area (Å²) in [4.78, 5) is 7.07. The molecule has 0 saturated heterocycles. The lowest BCUT2D eigenvalue weighted by molar-refractivity contribution is 0.627. The third-order valence-corrected chi connectivity index (χ3v) is 5.49. The third-order valence-electron chi connectivity index (χ3n) is 5.49. The van der Waals surface area contributed by atoms with Crippen molar-refractivity contribution in [2.45, 2.75) is 61.3 Å². The summed E-state index contributed by atoms with van der Waals surface area (Å²) in [7, 11) is 2.12. The van der Waals surface area contributed by atoms with E-state index in [-0.39, 0.29) is 11.7 Å². The van der Waals surface area contributed by atoms with Crippen LogP contribution in [0.1, 0.15) is 55.9 Å². The van der Waals surface area contributed by atoms with Crippen LogP contribution in [0.5, 0.6) is 0 Å². The Kier molecular flexibility index (Phi) is 7.78. The maximum atomic E-state index is 14.6. The monoisotopic (exact) mass is 394 g/mol. The Morgan fingerprint density at radius 3 is 2.31 bits per heavy atom. The van der Waals surface area contributed by atoms with Gasteiger partial charge in [0, 0.05) is 30.1 Å². The molecule has 0 aliphatic rings. The number of benzene rings is 2. The minimum atomic E-state index is -0.246. The van der Waals surface area contributed by atoms with Crippen LogP contribution in [0.2, 0.25) is 0 Å². The van der Waals surface area contributed by atoms with Gasteiger partial charge in [-0.2, -0.15) is 0 Å². The van der Waals surface area contributed by atoms with Crippen molar-refractivity contribution >= 4 is 17.1 Å². The van der Waals surface area contributed by atoms with Crippen molar-refractivity contribution in [3.8, 4) is 0 Å². The Labute approximate surface area is 176 Å². The summed E-state index contributed by atoms with van der Waals surface area (Å²) in [6, 6.07) is 10.1. The van der Waals surface area contributed by atoms with Gasteiger partial charge in [-0.25, -0.2) is 4.39 Å². The fourth-order valence-electron chi connectivity index (χ4n) is 3.88. The van der Waals surface area contributed by atoms with Gasteiger partial charge in [0.05, 0.1) is 0 Å². The second-order valence-corrected chi connectivity index (χ2v) is 7.98. The summed E-state index contributed by atoms with van der Waals surface area (Å²) in [5.74, 6) is -0.158. The molecule has 0 N–H and O–H groups in total. The van der Waals surface area contributed by atoms with E-state index in [9.17, 15) is 4.39 Å². The average Bonchev–Trinajstić information content (AvgIpc) is 2.66. The van der Waals surface area contributed by atoms with Crippen LogP contribution in [0.15, 0.2) is 47.1 Å². The first kappa shape index (κ1) is 22.9. The highest BCUT2D eigenvalue weighted by molar-refractivity contribution is 5.92. The Balaban J connectivity index is 2.50. The number of halogens is 1. The van der Waals surface area contributed by atoms with E-state index in [0.717, 1.165) is 29.7 Å². The normalized spacial score (nSPS) is 13.6. The molecule has 156 valence electrons. The van der Waals surface area contributed by atoms with Crippen LogP contribution in [-0.2, 0) is 0 Å². The van der Waals surface area contributed by atoms with Gasteiger partial charge in [-0.15, -0.1) is 0 Å². The van der Waals surface area contributed by atoms with E-state index < -0.39 is 0 Å². The maximum absolute atomic E-state index is 14.6. The topological polar surface area (TPSA) is 15.6 Å². The fraction of sp³-hybridized carbons (Fsp3) is 0.423. The van der Waals surface area contributed by atoms with Crippen LogP contribution < -0.4 is 4.90 Å². The lowest BCUT2D eigenvalue weighted by atomic mass is 9.96. The van der Waals surface area contributed by atoms with E-state index >= 15 is 0 Å². The van der Waals surface area contributed by atoms with Gasteiger partial charge in [0.2, 0.25) is 0 Å². The molecule has 2 aromatic carbocycles. The molecule has 0 saturated carbocycles. The molecular formula is C26H35FN2. The van der Waals surface area contributed by atoms with Gasteiger partial charge < -0.3 is 4.90 Å². The molecule has 2 aromatic rings. The Morgan fingerprint density at radius 1 is 1.03 bits per heavy atom. The van der Waals surface area contributed by atoms with Crippen molar-refractivity contribution < 1.29 is 4.39 Å². The predicted molar refractivity (Wildman–Crippen MR) is 125 cm³/mol. The molecular weight excluding hydrogens is 359 g/mol. The van der Waals surface area contributed by atoms with Crippen LogP contribution >= 0.6 is 0 Å². The van der Waals surface area contributed by atoms with E-state index in [1.165, 1.54) is 22.5 Å². The minimum absolute atomic E-state index is 0.0879. The number of nitrogens with zero attached hydrogens (tertiary/aromatic N) is 2. The van der Waals surface area contributed by atoms with E-state index in [4.69, 9.17) is 4.99 Å². The highest BCUT2D eigenvalue weighted by atomic mass is 19.1. The summed E-state index contributed by atoms with van der Waals surface area (Å²) in [6.07, 6.45) is 3.97. The molecule has 0 heterocycles. The zero-order chi connectivity index (χ0) is 21.7. The maximum Gasteiger partial charge on any atom is 0.149 e. The molecule has 0 fully saturated rings. The molecule has 0 aromatic heterocycles. The number of aliphatic imine (C=N–C) groups is 1. The molecule has 2 rings (SSSR count). The van der Waals surface area contributed by atoms with Crippen molar-refractivity contribution in [1.29, 1.82) is 0 Å². The summed E-state index contributed by atoms with van der Waals surface area (Å²) in [6.45, 7) is 14.5. The summed E-state index contributed by atoms with van der Waals surface area (Å²) in [5, 5.41) is 0. The third kappa shape index (κ3) is 5.35. The highest BCUT2D eigenvalue weighted by Crippen LogP contribution is 2.31. The average molecular weight is 395 g/mol. The van der Waals surface area contributed by atoms with Crippen molar-refractivity contribution in [3.63, 3.8) is 0 Å². The SMILES string of the molecule is CC/C=C(\C(C)C(CC)=Nc1c(C)cc(C)cc1F)N(C)c1cc(C)ccc1C. The molecule has 0 spiro atoms. The zero-order valence-corrected chi connectivity index (χ0v) is 19.2.